The molecule has 0 amide bonds. The first-order valence-corrected chi connectivity index (χ1v) is 2.26. The Bertz CT molecular complexity index is 80.4. The van der Waals surface area contributed by atoms with Gasteiger partial charge < -0.3 is 0 Å². The van der Waals surface area contributed by atoms with Gasteiger partial charge >= 0.3 is 0 Å². The molecule has 0 aliphatic heterocycles. The molecular formula is C6H10O. The molecular weight excluding hydrogens is 88.1 g/mol. The third kappa shape index (κ3) is 5.41. The quantitative estimate of drug-likeness (QED) is 0.479. The number of ketones is 1. The first-order chi connectivity index (χ1) is 3.13. The first-order valence-electron chi connectivity index (χ1n) is 2.26. The highest BCUT2D eigenvalue weighted by molar-refractivity contribution is 5.77. The Labute approximate surface area is 44.0 Å². The van der Waals surface area contributed by atoms with Gasteiger partial charge in [-0.05, 0) is 13.8 Å². The van der Waals surface area contributed by atoms with Gasteiger partial charge in [0.1, 0.15) is 5.78 Å². The molecule has 0 heterocycles. The van der Waals surface area contributed by atoms with Gasteiger partial charge in [0.15, 0.2) is 0 Å². The van der Waals surface area contributed by atoms with Crippen molar-refractivity contribution >= 4 is 5.78 Å². The second kappa shape index (κ2) is 2.56. The maximum Gasteiger partial charge on any atom is 0.133 e. The van der Waals surface area contributed by atoms with Gasteiger partial charge in [-0.2, -0.15) is 0 Å². The Kier molecular flexibility index (Phi) is 2.34. The number of rotatable bonds is 2. The summed E-state index contributed by atoms with van der Waals surface area (Å²) in [6, 6.07) is 0. The molecule has 0 rings (SSSR count). The summed E-state index contributed by atoms with van der Waals surface area (Å²) in [6.45, 7) is 6.99. The molecule has 0 bridgehead atoms. The zero-order chi connectivity index (χ0) is 5.86. The van der Waals surface area contributed by atoms with E-state index in [1.807, 2.05) is 6.92 Å². The van der Waals surface area contributed by atoms with Crippen molar-refractivity contribution in [2.24, 2.45) is 0 Å². The minimum atomic E-state index is 0.188. The number of hydrogen-bond donors (Lipinski definition) is 0. The van der Waals surface area contributed by atoms with Crippen molar-refractivity contribution < 1.29 is 4.79 Å². The Morgan fingerprint density at radius 3 is 2.00 bits per heavy atom. The lowest BCUT2D eigenvalue weighted by Gasteiger charge is -1.87. The van der Waals surface area contributed by atoms with Crippen LogP contribution in [0.5, 0.6) is 0 Å². The molecule has 0 fully saturated rings. The van der Waals surface area contributed by atoms with E-state index in [1.54, 1.807) is 6.92 Å². The van der Waals surface area contributed by atoms with Crippen LogP contribution in [0.1, 0.15) is 20.3 Å². The van der Waals surface area contributed by atoms with Crippen molar-refractivity contribution in [3.05, 3.63) is 12.2 Å². The second-order valence-corrected chi connectivity index (χ2v) is 1.84. The van der Waals surface area contributed by atoms with Crippen molar-refractivity contribution in [3.63, 3.8) is 0 Å². The van der Waals surface area contributed by atoms with Crippen LogP contribution in [0.2, 0.25) is 0 Å². The third-order valence-electron chi connectivity index (χ3n) is 0.551. The van der Waals surface area contributed by atoms with Crippen LogP contribution in [0, 0.1) is 0 Å². The highest BCUT2D eigenvalue weighted by Crippen LogP contribution is 1.93. The maximum atomic E-state index is 10.2. The zero-order valence-electron chi connectivity index (χ0n) is 4.82. The van der Waals surface area contributed by atoms with E-state index < -0.39 is 0 Å². The monoisotopic (exact) mass is 98.1 g/mol. The largest absolute Gasteiger partial charge is 0.300 e. The minimum absolute atomic E-state index is 0.188. The predicted octanol–water partition coefficient (Wildman–Crippen LogP) is 1.54. The summed E-state index contributed by atoms with van der Waals surface area (Å²) in [5, 5.41) is 0. The van der Waals surface area contributed by atoms with Gasteiger partial charge in [-0.15, -0.1) is 0 Å². The third-order valence-corrected chi connectivity index (χ3v) is 0.551. The van der Waals surface area contributed by atoms with E-state index in [4.69, 9.17) is 0 Å². The Hall–Kier alpha value is -0.590. The Balaban J connectivity index is 3.32. The lowest BCUT2D eigenvalue weighted by Crippen LogP contribution is -1.87. The fourth-order valence-corrected chi connectivity index (χ4v) is 0.425. The standard InChI is InChI=1S/C6H10O/c1-5(2)4-6(3)7/h1,4H2,2-3H3. The van der Waals surface area contributed by atoms with Crippen molar-refractivity contribution in [2.45, 2.75) is 20.3 Å². The normalized spacial score (nSPS) is 8.29. The Morgan fingerprint density at radius 1 is 1.57 bits per heavy atom. The molecule has 0 unspecified atom stereocenters. The highest BCUT2D eigenvalue weighted by atomic mass is 16.1. The molecule has 0 saturated heterocycles. The molecule has 0 atom stereocenters. The smallest absolute Gasteiger partial charge is 0.133 e. The lowest BCUT2D eigenvalue weighted by molar-refractivity contribution is -0.116. The second-order valence-electron chi connectivity index (χ2n) is 1.84. The van der Waals surface area contributed by atoms with Gasteiger partial charge in [0, 0.05) is 6.42 Å². The van der Waals surface area contributed by atoms with Gasteiger partial charge in [0.05, 0.1) is 0 Å². The Morgan fingerprint density at radius 2 is 2.00 bits per heavy atom. The first kappa shape index (κ1) is 6.41. The summed E-state index contributed by atoms with van der Waals surface area (Å²) in [5.74, 6) is 0.188. The maximum absolute atomic E-state index is 10.2. The minimum Gasteiger partial charge on any atom is -0.300 e. The van der Waals surface area contributed by atoms with Gasteiger partial charge in [-0.1, -0.05) is 12.2 Å². The van der Waals surface area contributed by atoms with Crippen LogP contribution in [-0.2, 0) is 4.79 Å². The van der Waals surface area contributed by atoms with Crippen molar-refractivity contribution in [1.29, 1.82) is 0 Å². The van der Waals surface area contributed by atoms with Crippen molar-refractivity contribution in [3.8, 4) is 0 Å². The molecule has 0 radical (unpaired) electrons. The topological polar surface area (TPSA) is 17.1 Å². The lowest BCUT2D eigenvalue weighted by atomic mass is 10.2. The average molecular weight is 98.1 g/mol. The van der Waals surface area contributed by atoms with E-state index in [0.29, 0.717) is 6.42 Å². The molecule has 1 nitrogen and oxygen atoms in total. The number of hydrogen-bond acceptors (Lipinski definition) is 1. The SMILES string of the molecule is C=C(C)CC(C)=O. The number of carbonyl (C=O) groups excluding carboxylic acids is 1. The van der Waals surface area contributed by atoms with Crippen LogP contribution < -0.4 is 0 Å². The number of carbonyl (C=O) groups is 1. The molecule has 1 heteroatoms. The van der Waals surface area contributed by atoms with Crippen LogP contribution in [0.3, 0.4) is 0 Å². The molecule has 0 aromatic rings. The molecule has 0 N–H and O–H groups in total. The summed E-state index contributed by atoms with van der Waals surface area (Å²) < 4.78 is 0. The molecule has 0 saturated carbocycles. The number of allylic oxidation sites excluding steroid dienone is 1. The fourth-order valence-electron chi connectivity index (χ4n) is 0.425. The van der Waals surface area contributed by atoms with Gasteiger partial charge in [0.25, 0.3) is 0 Å². The van der Waals surface area contributed by atoms with Gasteiger partial charge in [-0.3, -0.25) is 4.79 Å². The summed E-state index contributed by atoms with van der Waals surface area (Å²) >= 11 is 0. The summed E-state index contributed by atoms with van der Waals surface area (Å²) in [5.41, 5.74) is 0.938. The van der Waals surface area contributed by atoms with Crippen molar-refractivity contribution in [2.75, 3.05) is 0 Å². The summed E-state index contributed by atoms with van der Waals surface area (Å²) in [6.07, 6.45) is 0.528. The van der Waals surface area contributed by atoms with E-state index in [1.165, 1.54) is 0 Å². The van der Waals surface area contributed by atoms with Crippen LogP contribution in [0.25, 0.3) is 0 Å². The zero-order valence-corrected chi connectivity index (χ0v) is 4.82. The summed E-state index contributed by atoms with van der Waals surface area (Å²) in [4.78, 5) is 10.2. The van der Waals surface area contributed by atoms with E-state index >= 15 is 0 Å². The molecule has 0 aliphatic carbocycles. The van der Waals surface area contributed by atoms with E-state index in [0.717, 1.165) is 5.57 Å². The molecule has 7 heavy (non-hydrogen) atoms. The van der Waals surface area contributed by atoms with Crippen LogP contribution in [0.4, 0.5) is 0 Å². The van der Waals surface area contributed by atoms with E-state index in [-0.39, 0.29) is 5.78 Å². The molecule has 0 aliphatic rings. The van der Waals surface area contributed by atoms with Crippen LogP contribution in [-0.4, -0.2) is 5.78 Å². The average Bonchev–Trinajstić information content (AvgIpc) is 1.27. The fraction of sp³-hybridized carbons (Fsp3) is 0.500. The van der Waals surface area contributed by atoms with Crippen LogP contribution >= 0.6 is 0 Å². The van der Waals surface area contributed by atoms with E-state index in [2.05, 4.69) is 6.58 Å². The van der Waals surface area contributed by atoms with Crippen molar-refractivity contribution in [1.82, 2.24) is 0 Å². The van der Waals surface area contributed by atoms with Crippen LogP contribution in [0.15, 0.2) is 12.2 Å². The molecule has 0 spiro atoms. The summed E-state index contributed by atoms with van der Waals surface area (Å²) in [7, 11) is 0. The molecule has 0 aromatic heterocycles. The number of Topliss-reactive ketones (excluding diaryl/α,β-unsaturated/α-hetero) is 1. The molecule has 40 valence electrons. The van der Waals surface area contributed by atoms with Gasteiger partial charge in [0.2, 0.25) is 0 Å². The molecule has 0 aromatic carbocycles. The van der Waals surface area contributed by atoms with Gasteiger partial charge in [-0.25, -0.2) is 0 Å². The van der Waals surface area contributed by atoms with E-state index in [9.17, 15) is 4.79 Å². The predicted molar refractivity (Wildman–Crippen MR) is 30.1 cm³/mol. The highest BCUT2D eigenvalue weighted by Gasteiger charge is 1.88.